The first kappa shape index (κ1) is 14.6. The summed E-state index contributed by atoms with van der Waals surface area (Å²) in [6.45, 7) is 2.20. The molecule has 0 aliphatic heterocycles. The minimum absolute atomic E-state index is 0.0869. The van der Waals surface area contributed by atoms with E-state index in [2.05, 4.69) is 15.5 Å². The lowest BCUT2D eigenvalue weighted by Gasteiger charge is -2.10. The van der Waals surface area contributed by atoms with Crippen molar-refractivity contribution in [3.8, 4) is 0 Å². The van der Waals surface area contributed by atoms with Crippen LogP contribution in [0, 0.1) is 0 Å². The molecular weight excluding hydrogens is 278 g/mol. The molecule has 0 aliphatic rings. The lowest BCUT2D eigenvalue weighted by molar-refractivity contribution is -0.119. The molecule has 0 fully saturated rings. The number of carbonyl (C=O) groups excluding carboxylic acids is 1. The summed E-state index contributed by atoms with van der Waals surface area (Å²) < 4.78 is 7.02. The van der Waals surface area contributed by atoms with Crippen molar-refractivity contribution < 1.29 is 9.21 Å². The van der Waals surface area contributed by atoms with Crippen molar-refractivity contribution >= 4 is 17.7 Å². The number of nitrogens with two attached hydrogens (primary N) is 1. The second kappa shape index (κ2) is 6.58. The molecule has 2 aromatic heterocycles. The van der Waals surface area contributed by atoms with Crippen LogP contribution in [0.5, 0.6) is 0 Å². The summed E-state index contributed by atoms with van der Waals surface area (Å²) in [5, 5.41) is 11.4. The topological polar surface area (TPSA) is 99.0 Å². The minimum Gasteiger partial charge on any atom is -0.467 e. The number of hydrogen-bond donors (Lipinski definition) is 2. The lowest BCUT2D eigenvalue weighted by Crippen LogP contribution is -2.28. The average Bonchev–Trinajstić information content (AvgIpc) is 3.06. The van der Waals surface area contributed by atoms with E-state index in [1.54, 1.807) is 16.9 Å². The fourth-order valence-electron chi connectivity index (χ4n) is 1.67. The highest BCUT2D eigenvalue weighted by Gasteiger charge is 2.14. The van der Waals surface area contributed by atoms with E-state index in [1.165, 1.54) is 11.8 Å². The minimum atomic E-state index is -0.155. The number of carbonyl (C=O) groups is 1. The Morgan fingerprint density at radius 1 is 1.60 bits per heavy atom. The van der Waals surface area contributed by atoms with Gasteiger partial charge in [-0.2, -0.15) is 0 Å². The summed E-state index contributed by atoms with van der Waals surface area (Å²) in [4.78, 5) is 11.9. The van der Waals surface area contributed by atoms with Crippen LogP contribution in [0.4, 0.5) is 0 Å². The van der Waals surface area contributed by atoms with Gasteiger partial charge in [-0.15, -0.1) is 10.2 Å². The fourth-order valence-corrected chi connectivity index (χ4v) is 2.41. The maximum atomic E-state index is 11.9. The van der Waals surface area contributed by atoms with Crippen molar-refractivity contribution in [2.45, 2.75) is 24.7 Å². The molecule has 1 atom stereocenters. The van der Waals surface area contributed by atoms with Gasteiger partial charge in [0.25, 0.3) is 0 Å². The first-order chi connectivity index (χ1) is 9.61. The Kier molecular flexibility index (Phi) is 4.80. The Labute approximate surface area is 120 Å². The van der Waals surface area contributed by atoms with Gasteiger partial charge in [0.1, 0.15) is 11.6 Å². The summed E-state index contributed by atoms with van der Waals surface area (Å²) in [7, 11) is 1.83. The number of rotatable bonds is 6. The second-order valence-corrected chi connectivity index (χ2v) is 5.20. The molecule has 0 saturated heterocycles. The standard InChI is InChI=1S/C12H17N5O2S/c1-8(9-4-3-5-19-9)14-11(18)7-20-12-16-15-10(6-13)17(12)2/h3-5,8H,6-7,13H2,1-2H3,(H,14,18). The Balaban J connectivity index is 1.84. The van der Waals surface area contributed by atoms with Crippen LogP contribution in [-0.4, -0.2) is 26.4 Å². The van der Waals surface area contributed by atoms with Gasteiger partial charge in [-0.3, -0.25) is 4.79 Å². The van der Waals surface area contributed by atoms with Crippen LogP contribution in [0.25, 0.3) is 0 Å². The molecular formula is C12H17N5O2S. The lowest BCUT2D eigenvalue weighted by atomic mass is 10.2. The predicted molar refractivity (Wildman–Crippen MR) is 74.9 cm³/mol. The molecule has 0 aromatic carbocycles. The molecule has 1 amide bonds. The zero-order valence-corrected chi connectivity index (χ0v) is 12.2. The molecule has 2 aromatic rings. The third-order valence-corrected chi connectivity index (χ3v) is 3.81. The average molecular weight is 295 g/mol. The molecule has 0 saturated carbocycles. The zero-order valence-electron chi connectivity index (χ0n) is 11.4. The molecule has 0 spiro atoms. The molecule has 8 heteroatoms. The van der Waals surface area contributed by atoms with Gasteiger partial charge in [0.05, 0.1) is 24.6 Å². The fraction of sp³-hybridized carbons (Fsp3) is 0.417. The van der Waals surface area contributed by atoms with Gasteiger partial charge in [-0.25, -0.2) is 0 Å². The van der Waals surface area contributed by atoms with Crippen molar-refractivity contribution in [1.29, 1.82) is 0 Å². The molecule has 1 unspecified atom stereocenters. The highest BCUT2D eigenvalue weighted by molar-refractivity contribution is 7.99. The highest BCUT2D eigenvalue weighted by Crippen LogP contribution is 2.16. The molecule has 0 radical (unpaired) electrons. The van der Waals surface area contributed by atoms with Crippen LogP contribution in [-0.2, 0) is 18.4 Å². The van der Waals surface area contributed by atoms with E-state index in [0.717, 1.165) is 5.76 Å². The first-order valence-corrected chi connectivity index (χ1v) is 7.14. The van der Waals surface area contributed by atoms with E-state index in [4.69, 9.17) is 10.2 Å². The number of hydrogen-bond acceptors (Lipinski definition) is 6. The van der Waals surface area contributed by atoms with Crippen LogP contribution in [0.2, 0.25) is 0 Å². The monoisotopic (exact) mass is 295 g/mol. The molecule has 2 heterocycles. The molecule has 3 N–H and O–H groups in total. The van der Waals surface area contributed by atoms with Gasteiger partial charge < -0.3 is 20.0 Å². The van der Waals surface area contributed by atoms with Gasteiger partial charge >= 0.3 is 0 Å². The van der Waals surface area contributed by atoms with Crippen LogP contribution in [0.1, 0.15) is 24.6 Å². The molecule has 0 bridgehead atoms. The van der Waals surface area contributed by atoms with E-state index in [-0.39, 0.29) is 17.7 Å². The van der Waals surface area contributed by atoms with Gasteiger partial charge in [-0.1, -0.05) is 11.8 Å². The number of amides is 1. The van der Waals surface area contributed by atoms with Crippen molar-refractivity contribution in [3.05, 3.63) is 30.0 Å². The van der Waals surface area contributed by atoms with Crippen molar-refractivity contribution in [1.82, 2.24) is 20.1 Å². The smallest absolute Gasteiger partial charge is 0.231 e. The Morgan fingerprint density at radius 3 is 3.00 bits per heavy atom. The maximum absolute atomic E-state index is 11.9. The third-order valence-electron chi connectivity index (χ3n) is 2.79. The van der Waals surface area contributed by atoms with E-state index in [9.17, 15) is 4.79 Å². The molecule has 7 nitrogen and oxygen atoms in total. The van der Waals surface area contributed by atoms with Gasteiger partial charge in [0.2, 0.25) is 5.91 Å². The van der Waals surface area contributed by atoms with Crippen molar-refractivity contribution in [2.24, 2.45) is 12.8 Å². The van der Waals surface area contributed by atoms with Crippen LogP contribution in [0.15, 0.2) is 28.0 Å². The number of furan rings is 1. The summed E-state index contributed by atoms with van der Waals surface area (Å²) >= 11 is 1.32. The predicted octanol–water partition coefficient (Wildman–Crippen LogP) is 0.836. The SMILES string of the molecule is CC(NC(=O)CSc1nnc(CN)n1C)c1ccco1. The highest BCUT2D eigenvalue weighted by atomic mass is 32.2. The Bertz CT molecular complexity index is 566. The van der Waals surface area contributed by atoms with Crippen LogP contribution < -0.4 is 11.1 Å². The van der Waals surface area contributed by atoms with Crippen LogP contribution in [0.3, 0.4) is 0 Å². The summed E-state index contributed by atoms with van der Waals surface area (Å²) in [5.74, 6) is 1.60. The number of nitrogens with zero attached hydrogens (tertiary/aromatic N) is 3. The second-order valence-electron chi connectivity index (χ2n) is 4.26. The normalized spacial score (nSPS) is 12.3. The van der Waals surface area contributed by atoms with E-state index >= 15 is 0 Å². The Morgan fingerprint density at radius 2 is 2.40 bits per heavy atom. The van der Waals surface area contributed by atoms with Gasteiger partial charge in [0.15, 0.2) is 5.16 Å². The van der Waals surface area contributed by atoms with Gasteiger partial charge in [-0.05, 0) is 19.1 Å². The molecule has 20 heavy (non-hydrogen) atoms. The number of thioether (sulfide) groups is 1. The first-order valence-electron chi connectivity index (χ1n) is 6.15. The number of aromatic nitrogens is 3. The third kappa shape index (κ3) is 3.40. The van der Waals surface area contributed by atoms with Crippen molar-refractivity contribution in [2.75, 3.05) is 5.75 Å². The Hall–Kier alpha value is -1.80. The molecule has 108 valence electrons. The summed E-state index contributed by atoms with van der Waals surface area (Å²) in [6.07, 6.45) is 1.58. The van der Waals surface area contributed by atoms with E-state index < -0.39 is 0 Å². The summed E-state index contributed by atoms with van der Waals surface area (Å²) in [6, 6.07) is 3.46. The number of nitrogens with one attached hydrogen (secondary N) is 1. The summed E-state index contributed by atoms with van der Waals surface area (Å²) in [5.41, 5.74) is 5.52. The van der Waals surface area contributed by atoms with Gasteiger partial charge in [0, 0.05) is 7.05 Å². The van der Waals surface area contributed by atoms with Crippen molar-refractivity contribution in [3.63, 3.8) is 0 Å². The zero-order chi connectivity index (χ0) is 14.5. The molecule has 2 rings (SSSR count). The van der Waals surface area contributed by atoms with E-state index in [0.29, 0.717) is 17.5 Å². The maximum Gasteiger partial charge on any atom is 0.231 e. The quantitative estimate of drug-likeness (QED) is 0.766. The van der Waals surface area contributed by atoms with E-state index in [1.807, 2.05) is 20.0 Å². The largest absolute Gasteiger partial charge is 0.467 e. The molecule has 0 aliphatic carbocycles. The van der Waals surface area contributed by atoms with Crippen LogP contribution >= 0.6 is 11.8 Å².